The van der Waals surface area contributed by atoms with E-state index in [0.29, 0.717) is 0 Å². The van der Waals surface area contributed by atoms with Gasteiger partial charge in [0.25, 0.3) is 0 Å². The van der Waals surface area contributed by atoms with Crippen LogP contribution in [0, 0.1) is 0 Å². The maximum atomic E-state index is 12.0. The minimum absolute atomic E-state index is 0.100. The molecule has 0 saturated carbocycles. The Bertz CT molecular complexity index is 610. The molecule has 1 atom stereocenters. The van der Waals surface area contributed by atoms with Crippen LogP contribution < -0.4 is 15.4 Å². The molecule has 0 spiro atoms. The summed E-state index contributed by atoms with van der Waals surface area (Å²) in [5.41, 5.74) is 0. The molecule has 0 aliphatic rings. The number of hydrogen-bond donors (Lipinski definition) is 3. The number of amides is 2. The molecule has 8 nitrogen and oxygen atoms in total. The van der Waals surface area contributed by atoms with Gasteiger partial charge in [-0.25, -0.2) is 5.10 Å². The lowest BCUT2D eigenvalue weighted by Gasteiger charge is -2.15. The number of hydrogen-bond acceptors (Lipinski definition) is 6. The molecule has 0 saturated heterocycles. The van der Waals surface area contributed by atoms with Crippen LogP contribution in [0.5, 0.6) is 6.01 Å². The number of rotatable bonds is 6. The Hall–Kier alpha value is -2.42. The average molecular weight is 309 g/mol. The van der Waals surface area contributed by atoms with Crippen molar-refractivity contribution in [3.63, 3.8) is 0 Å². The Morgan fingerprint density at radius 2 is 2.33 bits per heavy atom. The highest BCUT2D eigenvalue weighted by atomic mass is 32.1. The number of carbonyl (C=O) groups is 2. The van der Waals surface area contributed by atoms with E-state index in [1.807, 2.05) is 17.5 Å². The molecule has 1 unspecified atom stereocenters. The van der Waals surface area contributed by atoms with Gasteiger partial charge < -0.3 is 10.1 Å². The predicted molar refractivity (Wildman–Crippen MR) is 77.1 cm³/mol. The molecule has 2 aromatic rings. The van der Waals surface area contributed by atoms with Crippen molar-refractivity contribution >= 4 is 29.1 Å². The molecule has 9 heteroatoms. The molecule has 2 rings (SSSR count). The highest BCUT2D eigenvalue weighted by Gasteiger charge is 2.19. The molecule has 0 aliphatic heterocycles. The summed E-state index contributed by atoms with van der Waals surface area (Å²) in [7, 11) is 1.43. The lowest BCUT2D eigenvalue weighted by atomic mass is 10.1. The lowest BCUT2D eigenvalue weighted by Crippen LogP contribution is -2.29. The topological polar surface area (TPSA) is 109 Å². The van der Waals surface area contributed by atoms with Crippen LogP contribution in [0.25, 0.3) is 0 Å². The molecular formula is C12H15N5O3S. The van der Waals surface area contributed by atoms with Crippen molar-refractivity contribution in [2.45, 2.75) is 19.4 Å². The van der Waals surface area contributed by atoms with Gasteiger partial charge in [0.15, 0.2) is 0 Å². The largest absolute Gasteiger partial charge is 0.466 e. The van der Waals surface area contributed by atoms with Crippen LogP contribution in [0.3, 0.4) is 0 Å². The third kappa shape index (κ3) is 4.28. The normalized spacial score (nSPS) is 11.7. The summed E-state index contributed by atoms with van der Waals surface area (Å²) in [6.07, 6.45) is 0.100. The average Bonchev–Trinajstić information content (AvgIpc) is 3.08. The molecule has 0 aliphatic carbocycles. The maximum absolute atomic E-state index is 12.0. The van der Waals surface area contributed by atoms with Gasteiger partial charge in [-0.3, -0.25) is 14.9 Å². The molecule has 0 aromatic carbocycles. The summed E-state index contributed by atoms with van der Waals surface area (Å²) >= 11 is 1.48. The first-order valence-corrected chi connectivity index (χ1v) is 7.03. The van der Waals surface area contributed by atoms with E-state index in [1.54, 1.807) is 0 Å². The van der Waals surface area contributed by atoms with Crippen molar-refractivity contribution in [2.24, 2.45) is 0 Å². The first kappa shape index (κ1) is 15.0. The zero-order valence-electron chi connectivity index (χ0n) is 11.5. The summed E-state index contributed by atoms with van der Waals surface area (Å²) in [4.78, 5) is 28.1. The zero-order valence-corrected chi connectivity index (χ0v) is 12.4. The Morgan fingerprint density at radius 3 is 2.90 bits per heavy atom. The molecule has 0 radical (unpaired) electrons. The molecule has 0 bridgehead atoms. The van der Waals surface area contributed by atoms with E-state index >= 15 is 0 Å². The molecule has 0 fully saturated rings. The fourth-order valence-electron chi connectivity index (χ4n) is 1.72. The Balaban J connectivity index is 1.99. The second-order valence-corrected chi connectivity index (χ2v) is 5.17. The molecule has 3 N–H and O–H groups in total. The van der Waals surface area contributed by atoms with E-state index in [-0.39, 0.29) is 36.2 Å². The van der Waals surface area contributed by atoms with E-state index < -0.39 is 0 Å². The standard InChI is InChI=1S/C12H15N5O3S/c1-7(18)13-8(9-4-3-5-21-9)6-10(19)14-11-15-12(20-2)17-16-11/h3-5,8H,6H2,1-2H3,(H,13,18)(H2,14,15,16,17,19). The van der Waals surface area contributed by atoms with Crippen molar-refractivity contribution in [3.8, 4) is 6.01 Å². The van der Waals surface area contributed by atoms with Gasteiger partial charge in [0.2, 0.25) is 17.8 Å². The van der Waals surface area contributed by atoms with Crippen LogP contribution in [0.1, 0.15) is 24.3 Å². The third-order valence-corrected chi connectivity index (χ3v) is 3.54. The summed E-state index contributed by atoms with van der Waals surface area (Å²) in [5, 5.41) is 13.5. The number of nitrogens with one attached hydrogen (secondary N) is 3. The second kappa shape index (κ2) is 6.84. The van der Waals surface area contributed by atoms with E-state index in [2.05, 4.69) is 25.8 Å². The van der Waals surface area contributed by atoms with Gasteiger partial charge >= 0.3 is 6.01 Å². The lowest BCUT2D eigenvalue weighted by molar-refractivity contribution is -0.120. The maximum Gasteiger partial charge on any atom is 0.336 e. The number of methoxy groups -OCH3 is 1. The van der Waals surface area contributed by atoms with Gasteiger partial charge in [-0.05, 0) is 11.4 Å². The number of thiophene rings is 1. The Kier molecular flexibility index (Phi) is 4.88. The van der Waals surface area contributed by atoms with E-state index in [9.17, 15) is 9.59 Å². The molecular weight excluding hydrogens is 294 g/mol. The number of ether oxygens (including phenoxy) is 1. The number of nitrogens with zero attached hydrogens (tertiary/aromatic N) is 2. The number of carbonyl (C=O) groups excluding carboxylic acids is 2. The van der Waals surface area contributed by atoms with Crippen molar-refractivity contribution in [1.29, 1.82) is 0 Å². The van der Waals surface area contributed by atoms with Gasteiger partial charge in [-0.2, -0.15) is 4.98 Å². The minimum atomic E-state index is -0.368. The SMILES string of the molecule is COc1n[nH]c(NC(=O)CC(NC(C)=O)c2cccs2)n1. The smallest absolute Gasteiger partial charge is 0.336 e. The molecule has 21 heavy (non-hydrogen) atoms. The quantitative estimate of drug-likeness (QED) is 0.740. The highest BCUT2D eigenvalue weighted by Crippen LogP contribution is 2.22. The molecule has 2 aromatic heterocycles. The molecule has 112 valence electrons. The van der Waals surface area contributed by atoms with Crippen LogP contribution in [0.2, 0.25) is 0 Å². The van der Waals surface area contributed by atoms with Gasteiger partial charge in [0.1, 0.15) is 0 Å². The van der Waals surface area contributed by atoms with E-state index in [0.717, 1.165) is 4.88 Å². The van der Waals surface area contributed by atoms with Gasteiger partial charge in [-0.1, -0.05) is 6.07 Å². The van der Waals surface area contributed by atoms with Gasteiger partial charge in [-0.15, -0.1) is 16.4 Å². The van der Waals surface area contributed by atoms with Gasteiger partial charge in [0.05, 0.1) is 19.6 Å². The first-order valence-electron chi connectivity index (χ1n) is 6.15. The van der Waals surface area contributed by atoms with Crippen LogP contribution in [-0.2, 0) is 9.59 Å². The van der Waals surface area contributed by atoms with E-state index in [1.165, 1.54) is 25.4 Å². The third-order valence-electron chi connectivity index (χ3n) is 2.56. The number of aromatic amines is 1. The molecule has 2 heterocycles. The van der Waals surface area contributed by atoms with Crippen LogP contribution in [0.15, 0.2) is 17.5 Å². The van der Waals surface area contributed by atoms with Crippen LogP contribution in [-0.4, -0.2) is 34.1 Å². The predicted octanol–water partition coefficient (Wildman–Crippen LogP) is 1.08. The number of aromatic nitrogens is 3. The number of anilines is 1. The zero-order chi connectivity index (χ0) is 15.2. The van der Waals surface area contributed by atoms with Crippen LogP contribution in [0.4, 0.5) is 5.95 Å². The van der Waals surface area contributed by atoms with Crippen molar-refractivity contribution < 1.29 is 14.3 Å². The monoisotopic (exact) mass is 309 g/mol. The first-order chi connectivity index (χ1) is 10.1. The van der Waals surface area contributed by atoms with Gasteiger partial charge in [0, 0.05) is 11.8 Å². The summed E-state index contributed by atoms with van der Waals surface area (Å²) in [6.45, 7) is 1.42. The summed E-state index contributed by atoms with van der Waals surface area (Å²) in [6, 6.07) is 3.51. The Morgan fingerprint density at radius 1 is 1.52 bits per heavy atom. The van der Waals surface area contributed by atoms with Crippen LogP contribution >= 0.6 is 11.3 Å². The second-order valence-electron chi connectivity index (χ2n) is 4.19. The minimum Gasteiger partial charge on any atom is -0.466 e. The fraction of sp³-hybridized carbons (Fsp3) is 0.333. The Labute approximate surface area is 124 Å². The highest BCUT2D eigenvalue weighted by molar-refractivity contribution is 7.10. The van der Waals surface area contributed by atoms with Crippen molar-refractivity contribution in [1.82, 2.24) is 20.5 Å². The summed E-state index contributed by atoms with van der Waals surface area (Å²) < 4.78 is 4.81. The number of H-pyrrole nitrogens is 1. The van der Waals surface area contributed by atoms with Crippen molar-refractivity contribution in [3.05, 3.63) is 22.4 Å². The fourth-order valence-corrected chi connectivity index (χ4v) is 2.50. The van der Waals surface area contributed by atoms with E-state index in [4.69, 9.17) is 4.74 Å². The van der Waals surface area contributed by atoms with Crippen molar-refractivity contribution in [2.75, 3.05) is 12.4 Å². The molecule has 2 amide bonds. The summed E-state index contributed by atoms with van der Waals surface area (Å²) in [5.74, 6) is -0.284.